The molecule has 0 spiro atoms. The number of ether oxygens (including phenoxy) is 1. The Morgan fingerprint density at radius 1 is 1.21 bits per heavy atom. The van der Waals surface area contributed by atoms with Gasteiger partial charge in [0.2, 0.25) is 11.8 Å². The second-order valence-corrected chi connectivity index (χ2v) is 9.18. The van der Waals surface area contributed by atoms with Crippen molar-refractivity contribution in [1.29, 1.82) is 0 Å². The second kappa shape index (κ2) is 15.5. The SMILES string of the molecule is COc1ccc(CC(NC(=O)/C=C/CC(O)C(C)/C=C/c2cnccn2)C(=O)NCC(C)C(=O)O)cc1Cl. The van der Waals surface area contributed by atoms with Crippen molar-refractivity contribution in [2.24, 2.45) is 11.8 Å². The molecule has 11 heteroatoms. The molecule has 4 atom stereocenters. The van der Waals surface area contributed by atoms with E-state index in [4.69, 9.17) is 21.4 Å². The quantitative estimate of drug-likeness (QED) is 0.265. The van der Waals surface area contributed by atoms with Crippen LogP contribution in [0.1, 0.15) is 31.5 Å². The maximum absolute atomic E-state index is 12.8. The predicted molar refractivity (Wildman–Crippen MR) is 143 cm³/mol. The van der Waals surface area contributed by atoms with Gasteiger partial charge in [-0.05, 0) is 36.3 Å². The van der Waals surface area contributed by atoms with Gasteiger partial charge in [-0.25, -0.2) is 0 Å². The number of nitrogens with one attached hydrogen (secondary N) is 2. The Morgan fingerprint density at radius 3 is 2.61 bits per heavy atom. The summed E-state index contributed by atoms with van der Waals surface area (Å²) < 4.78 is 5.15. The number of hydrogen-bond acceptors (Lipinski definition) is 7. The van der Waals surface area contributed by atoms with E-state index in [0.29, 0.717) is 22.0 Å². The average molecular weight is 545 g/mol. The third-order valence-electron chi connectivity index (χ3n) is 5.70. The zero-order valence-corrected chi connectivity index (χ0v) is 22.3. The molecule has 1 heterocycles. The number of methoxy groups -OCH3 is 1. The zero-order valence-electron chi connectivity index (χ0n) is 21.5. The number of halogens is 1. The highest BCUT2D eigenvalue weighted by atomic mass is 35.5. The highest BCUT2D eigenvalue weighted by Gasteiger charge is 2.22. The van der Waals surface area contributed by atoms with E-state index in [9.17, 15) is 19.5 Å². The lowest BCUT2D eigenvalue weighted by atomic mass is 10.0. The smallest absolute Gasteiger partial charge is 0.308 e. The van der Waals surface area contributed by atoms with Gasteiger partial charge in [-0.1, -0.05) is 43.7 Å². The van der Waals surface area contributed by atoms with Crippen LogP contribution in [0, 0.1) is 11.8 Å². The third-order valence-corrected chi connectivity index (χ3v) is 6.00. The van der Waals surface area contributed by atoms with Gasteiger partial charge >= 0.3 is 5.97 Å². The molecule has 10 nitrogen and oxygen atoms in total. The van der Waals surface area contributed by atoms with Crippen LogP contribution >= 0.6 is 11.6 Å². The first kappa shape index (κ1) is 30.5. The van der Waals surface area contributed by atoms with Gasteiger partial charge < -0.3 is 25.6 Å². The first-order chi connectivity index (χ1) is 18.1. The Labute approximate surface area is 226 Å². The van der Waals surface area contributed by atoms with Crippen LogP contribution < -0.4 is 15.4 Å². The molecule has 0 saturated carbocycles. The molecule has 0 bridgehead atoms. The molecule has 38 heavy (non-hydrogen) atoms. The molecular weight excluding hydrogens is 512 g/mol. The summed E-state index contributed by atoms with van der Waals surface area (Å²) in [5.41, 5.74) is 1.34. The molecule has 1 aromatic heterocycles. The largest absolute Gasteiger partial charge is 0.495 e. The van der Waals surface area contributed by atoms with Crippen LogP contribution in [-0.2, 0) is 20.8 Å². The number of aromatic nitrogens is 2. The van der Waals surface area contributed by atoms with Gasteiger partial charge in [0.25, 0.3) is 0 Å². The fourth-order valence-corrected chi connectivity index (χ4v) is 3.55. The lowest BCUT2D eigenvalue weighted by Gasteiger charge is -2.19. The van der Waals surface area contributed by atoms with Crippen molar-refractivity contribution in [3.8, 4) is 5.75 Å². The van der Waals surface area contributed by atoms with E-state index >= 15 is 0 Å². The fourth-order valence-electron chi connectivity index (χ4n) is 3.27. The van der Waals surface area contributed by atoms with Gasteiger partial charge in [0.15, 0.2) is 0 Å². The molecule has 2 amide bonds. The molecule has 2 rings (SSSR count). The highest BCUT2D eigenvalue weighted by molar-refractivity contribution is 6.32. The number of hydrogen-bond donors (Lipinski definition) is 4. The third kappa shape index (κ3) is 10.3. The first-order valence-corrected chi connectivity index (χ1v) is 12.4. The molecule has 204 valence electrons. The Bertz CT molecular complexity index is 1140. The maximum atomic E-state index is 12.8. The molecule has 0 aliphatic carbocycles. The number of aliphatic hydroxyl groups is 1. The van der Waals surface area contributed by atoms with Crippen molar-refractivity contribution in [3.63, 3.8) is 0 Å². The van der Waals surface area contributed by atoms with Crippen molar-refractivity contribution in [2.75, 3.05) is 13.7 Å². The summed E-state index contributed by atoms with van der Waals surface area (Å²) >= 11 is 6.19. The van der Waals surface area contributed by atoms with Crippen LogP contribution in [0.3, 0.4) is 0 Å². The number of benzene rings is 1. The Morgan fingerprint density at radius 2 is 1.97 bits per heavy atom. The van der Waals surface area contributed by atoms with Crippen molar-refractivity contribution < 1.29 is 29.3 Å². The second-order valence-electron chi connectivity index (χ2n) is 8.77. The van der Waals surface area contributed by atoms with Crippen molar-refractivity contribution in [2.45, 2.75) is 38.8 Å². The molecule has 0 fully saturated rings. The Kier molecular flexibility index (Phi) is 12.4. The summed E-state index contributed by atoms with van der Waals surface area (Å²) in [5.74, 6) is -2.65. The Hall–Kier alpha value is -3.76. The highest BCUT2D eigenvalue weighted by Crippen LogP contribution is 2.25. The van der Waals surface area contributed by atoms with E-state index in [2.05, 4.69) is 20.6 Å². The van der Waals surface area contributed by atoms with Crippen LogP contribution in [-0.4, -0.2) is 63.8 Å². The minimum absolute atomic E-state index is 0.0914. The molecular formula is C27H33ClN4O6. The summed E-state index contributed by atoms with van der Waals surface area (Å²) in [6, 6.07) is 4.02. The van der Waals surface area contributed by atoms with Crippen LogP contribution in [0.25, 0.3) is 6.08 Å². The molecule has 4 N–H and O–H groups in total. The normalized spacial score (nSPS) is 14.6. The summed E-state index contributed by atoms with van der Waals surface area (Å²) in [5, 5.41) is 25.1. The van der Waals surface area contributed by atoms with Crippen LogP contribution in [0.4, 0.5) is 0 Å². The number of carbonyl (C=O) groups is 3. The zero-order chi connectivity index (χ0) is 28.1. The van der Waals surface area contributed by atoms with Crippen molar-refractivity contribution >= 4 is 35.5 Å². The first-order valence-electron chi connectivity index (χ1n) is 12.0. The number of nitrogens with zero attached hydrogens (tertiary/aromatic N) is 2. The van der Waals surface area contributed by atoms with Crippen LogP contribution in [0.2, 0.25) is 5.02 Å². The van der Waals surface area contributed by atoms with Crippen LogP contribution in [0.15, 0.2) is 55.0 Å². The summed E-state index contributed by atoms with van der Waals surface area (Å²) in [6.07, 6.45) is 10.7. The van der Waals surface area contributed by atoms with E-state index in [1.807, 2.05) is 6.92 Å². The van der Waals surface area contributed by atoms with Gasteiger partial charge in [0.1, 0.15) is 11.8 Å². The van der Waals surface area contributed by atoms with E-state index in [-0.39, 0.29) is 25.3 Å². The van der Waals surface area contributed by atoms with Gasteiger partial charge in [-0.3, -0.25) is 24.4 Å². The molecule has 4 unspecified atom stereocenters. The van der Waals surface area contributed by atoms with Crippen molar-refractivity contribution in [1.82, 2.24) is 20.6 Å². The van der Waals surface area contributed by atoms with Gasteiger partial charge in [-0.15, -0.1) is 0 Å². The molecule has 0 aliphatic rings. The maximum Gasteiger partial charge on any atom is 0.308 e. The topological polar surface area (TPSA) is 151 Å². The number of rotatable bonds is 14. The molecule has 2 aromatic rings. The molecule has 0 saturated heterocycles. The summed E-state index contributed by atoms with van der Waals surface area (Å²) in [4.78, 5) is 44.6. The van der Waals surface area contributed by atoms with Crippen LogP contribution in [0.5, 0.6) is 5.75 Å². The van der Waals surface area contributed by atoms with E-state index in [0.717, 1.165) is 0 Å². The van der Waals surface area contributed by atoms with E-state index in [1.54, 1.807) is 48.9 Å². The number of carbonyl (C=O) groups excluding carboxylic acids is 2. The molecule has 0 radical (unpaired) electrons. The molecule has 0 aliphatic heterocycles. The number of aliphatic carboxylic acids is 1. The Balaban J connectivity index is 2.01. The number of carboxylic acids is 1. The van der Waals surface area contributed by atoms with Gasteiger partial charge in [0.05, 0.1) is 36.0 Å². The molecule has 1 aromatic carbocycles. The van der Waals surface area contributed by atoms with Crippen molar-refractivity contribution in [3.05, 3.63) is 71.3 Å². The standard InChI is InChI=1S/C27H33ClN4O6/c1-17(7-9-20-16-29-11-12-30-20)23(33)5-4-6-25(34)32-22(26(35)31-15-18(2)27(36)37)14-19-8-10-24(38-3)21(28)13-19/h4,6-13,16-18,22-23,33H,5,14-15H2,1-3H3,(H,31,35)(H,32,34)(H,36,37)/b6-4+,9-7+. The lowest BCUT2D eigenvalue weighted by molar-refractivity contribution is -0.141. The fraction of sp³-hybridized carbons (Fsp3) is 0.370. The average Bonchev–Trinajstić information content (AvgIpc) is 2.90. The van der Waals surface area contributed by atoms with Gasteiger partial charge in [-0.2, -0.15) is 0 Å². The van der Waals surface area contributed by atoms with E-state index < -0.39 is 35.8 Å². The van der Waals surface area contributed by atoms with E-state index in [1.165, 1.54) is 26.2 Å². The monoisotopic (exact) mass is 544 g/mol. The summed E-state index contributed by atoms with van der Waals surface area (Å²) in [7, 11) is 1.49. The minimum Gasteiger partial charge on any atom is -0.495 e. The number of aliphatic hydroxyl groups excluding tert-OH is 1. The predicted octanol–water partition coefficient (Wildman–Crippen LogP) is 2.66. The number of amides is 2. The minimum atomic E-state index is -1.05. The summed E-state index contributed by atoms with van der Waals surface area (Å²) in [6.45, 7) is 3.22. The number of carboxylic acid groups (broad SMARTS) is 1. The van der Waals surface area contributed by atoms with Gasteiger partial charge in [0, 0.05) is 31.3 Å². The lowest BCUT2D eigenvalue weighted by Crippen LogP contribution is -2.48.